The molecule has 0 radical (unpaired) electrons. The first-order valence-electron chi connectivity index (χ1n) is 5.19. The van der Waals surface area contributed by atoms with Crippen molar-refractivity contribution in [3.05, 3.63) is 12.3 Å². The fraction of sp³-hybridized carbons (Fsp3) is 0.600. The molecule has 0 saturated carbocycles. The van der Waals surface area contributed by atoms with E-state index in [1.54, 1.807) is 11.0 Å². The molecule has 6 heteroatoms. The summed E-state index contributed by atoms with van der Waals surface area (Å²) in [5, 5.41) is 9.49. The van der Waals surface area contributed by atoms with E-state index in [-0.39, 0.29) is 6.54 Å². The highest BCUT2D eigenvalue weighted by Crippen LogP contribution is 2.27. The van der Waals surface area contributed by atoms with Gasteiger partial charge in [0.25, 0.3) is 0 Å². The van der Waals surface area contributed by atoms with Gasteiger partial charge in [0.05, 0.1) is 12.6 Å². The number of aromatic nitrogens is 2. The molecular weight excluding hydrogens is 211 g/mol. The van der Waals surface area contributed by atoms with Crippen molar-refractivity contribution < 1.29 is 9.50 Å². The number of hydrogen-bond acceptors (Lipinski definition) is 5. The molecule has 88 valence electrons. The third kappa shape index (κ3) is 2.06. The maximum Gasteiger partial charge on any atom is 0.227 e. The summed E-state index contributed by atoms with van der Waals surface area (Å²) in [4.78, 5) is 9.77. The van der Waals surface area contributed by atoms with E-state index >= 15 is 0 Å². The van der Waals surface area contributed by atoms with E-state index in [9.17, 15) is 9.50 Å². The number of nitrogens with zero attached hydrogens (tertiary/aromatic N) is 3. The van der Waals surface area contributed by atoms with Gasteiger partial charge in [-0.25, -0.2) is 9.37 Å². The van der Waals surface area contributed by atoms with Crippen LogP contribution in [0.2, 0.25) is 0 Å². The predicted octanol–water partition coefficient (Wildman–Crippen LogP) is 0.358. The molecule has 1 aromatic rings. The van der Waals surface area contributed by atoms with Crippen molar-refractivity contribution in [3.8, 4) is 0 Å². The molecule has 2 atom stereocenters. The van der Waals surface area contributed by atoms with E-state index in [2.05, 4.69) is 9.97 Å². The second kappa shape index (κ2) is 3.86. The second-order valence-electron chi connectivity index (χ2n) is 4.29. The lowest BCUT2D eigenvalue weighted by Crippen LogP contribution is -2.52. The first-order chi connectivity index (χ1) is 7.49. The first kappa shape index (κ1) is 11.1. The summed E-state index contributed by atoms with van der Waals surface area (Å²) in [6.07, 6.45) is 0.980. The van der Waals surface area contributed by atoms with Crippen LogP contribution in [0, 0.1) is 0 Å². The van der Waals surface area contributed by atoms with Crippen molar-refractivity contribution in [3.63, 3.8) is 0 Å². The van der Waals surface area contributed by atoms with Gasteiger partial charge in [-0.15, -0.1) is 0 Å². The van der Waals surface area contributed by atoms with Crippen molar-refractivity contribution in [2.75, 3.05) is 23.7 Å². The summed E-state index contributed by atoms with van der Waals surface area (Å²) in [5.74, 6) is 0.771. The van der Waals surface area contributed by atoms with Crippen molar-refractivity contribution in [2.24, 2.45) is 0 Å². The zero-order chi connectivity index (χ0) is 11.8. The molecule has 0 aromatic carbocycles. The Morgan fingerprint density at radius 3 is 3.06 bits per heavy atom. The highest BCUT2D eigenvalue weighted by Gasteiger charge is 2.39. The number of halogens is 1. The summed E-state index contributed by atoms with van der Waals surface area (Å²) in [7, 11) is 0. The number of rotatable bonds is 1. The maximum absolute atomic E-state index is 13.9. The number of nitrogen functional groups attached to an aromatic ring is 1. The van der Waals surface area contributed by atoms with Gasteiger partial charge >= 0.3 is 0 Å². The lowest BCUT2D eigenvalue weighted by atomic mass is 9.94. The standard InChI is InChI=1S/C10H15FN4O/c1-10(11)6-15(5-3-7(10)16)9-13-4-2-8(12)14-9/h2,4,7,16H,3,5-6H2,1H3,(H2,12,13,14)/t7?,10-/m0/s1. The molecule has 1 aliphatic heterocycles. The molecule has 0 bridgehead atoms. The zero-order valence-electron chi connectivity index (χ0n) is 9.10. The van der Waals surface area contributed by atoms with Gasteiger partial charge in [0.1, 0.15) is 5.82 Å². The van der Waals surface area contributed by atoms with Crippen LogP contribution in [-0.4, -0.2) is 39.9 Å². The minimum atomic E-state index is -1.63. The van der Waals surface area contributed by atoms with E-state index in [1.165, 1.54) is 13.1 Å². The molecule has 16 heavy (non-hydrogen) atoms. The van der Waals surface area contributed by atoms with Crippen LogP contribution in [-0.2, 0) is 0 Å². The number of anilines is 2. The number of aliphatic hydroxyl groups is 1. The number of piperidine rings is 1. The normalized spacial score (nSPS) is 30.4. The third-order valence-corrected chi connectivity index (χ3v) is 2.81. The van der Waals surface area contributed by atoms with E-state index in [0.29, 0.717) is 24.7 Å². The van der Waals surface area contributed by atoms with Gasteiger partial charge < -0.3 is 15.7 Å². The highest BCUT2D eigenvalue weighted by molar-refractivity contribution is 5.38. The Morgan fingerprint density at radius 1 is 1.69 bits per heavy atom. The summed E-state index contributed by atoms with van der Waals surface area (Å²) in [6, 6.07) is 1.58. The fourth-order valence-electron chi connectivity index (χ4n) is 1.82. The van der Waals surface area contributed by atoms with E-state index in [1.807, 2.05) is 0 Å². The first-order valence-corrected chi connectivity index (χ1v) is 5.19. The average Bonchev–Trinajstić information content (AvgIpc) is 2.22. The van der Waals surface area contributed by atoms with Gasteiger partial charge in [-0.3, -0.25) is 0 Å². The van der Waals surface area contributed by atoms with Gasteiger partial charge in [-0.1, -0.05) is 0 Å². The lowest BCUT2D eigenvalue weighted by molar-refractivity contribution is -0.00860. The predicted molar refractivity (Wildman–Crippen MR) is 58.8 cm³/mol. The Balaban J connectivity index is 2.18. The van der Waals surface area contributed by atoms with Gasteiger partial charge in [0, 0.05) is 12.7 Å². The summed E-state index contributed by atoms with van der Waals surface area (Å²) in [5.41, 5.74) is 3.91. The van der Waals surface area contributed by atoms with Crippen LogP contribution in [0.25, 0.3) is 0 Å². The fourth-order valence-corrected chi connectivity index (χ4v) is 1.82. The smallest absolute Gasteiger partial charge is 0.227 e. The molecule has 2 heterocycles. The Kier molecular flexibility index (Phi) is 2.67. The molecule has 1 fully saturated rings. The van der Waals surface area contributed by atoms with E-state index in [4.69, 9.17) is 5.73 Å². The Morgan fingerprint density at radius 2 is 2.44 bits per heavy atom. The molecule has 5 nitrogen and oxygen atoms in total. The number of alkyl halides is 1. The Labute approximate surface area is 93.1 Å². The van der Waals surface area contributed by atoms with Crippen LogP contribution >= 0.6 is 0 Å². The zero-order valence-corrected chi connectivity index (χ0v) is 9.10. The molecule has 0 amide bonds. The largest absolute Gasteiger partial charge is 0.390 e. The summed E-state index contributed by atoms with van der Waals surface area (Å²) < 4.78 is 13.9. The van der Waals surface area contributed by atoms with Crippen molar-refractivity contribution >= 4 is 11.8 Å². The topological polar surface area (TPSA) is 75.3 Å². The van der Waals surface area contributed by atoms with Crippen molar-refractivity contribution in [2.45, 2.75) is 25.1 Å². The SMILES string of the molecule is C[C@]1(F)CN(c2nccc(N)n2)CCC1O. The van der Waals surface area contributed by atoms with Crippen LogP contribution in [0.3, 0.4) is 0 Å². The van der Waals surface area contributed by atoms with Crippen LogP contribution in [0.4, 0.5) is 16.2 Å². The molecular formula is C10H15FN4O. The molecule has 0 spiro atoms. The summed E-state index contributed by atoms with van der Waals surface area (Å²) >= 11 is 0. The van der Waals surface area contributed by atoms with Crippen molar-refractivity contribution in [1.82, 2.24) is 9.97 Å². The number of aliphatic hydroxyl groups excluding tert-OH is 1. The van der Waals surface area contributed by atoms with Gasteiger partial charge in [-0.2, -0.15) is 4.98 Å². The Hall–Kier alpha value is -1.43. The van der Waals surface area contributed by atoms with Gasteiger partial charge in [0.2, 0.25) is 5.95 Å². The Bertz CT molecular complexity index is 385. The lowest BCUT2D eigenvalue weighted by Gasteiger charge is -2.38. The van der Waals surface area contributed by atoms with Crippen LogP contribution in [0.5, 0.6) is 0 Å². The van der Waals surface area contributed by atoms with Gasteiger partial charge in [-0.05, 0) is 19.4 Å². The molecule has 1 aromatic heterocycles. The van der Waals surface area contributed by atoms with Gasteiger partial charge in [0.15, 0.2) is 5.67 Å². The second-order valence-corrected chi connectivity index (χ2v) is 4.29. The van der Waals surface area contributed by atoms with E-state index in [0.717, 1.165) is 0 Å². The maximum atomic E-state index is 13.9. The summed E-state index contributed by atoms with van der Waals surface area (Å²) in [6.45, 7) is 2.00. The molecule has 3 N–H and O–H groups in total. The minimum Gasteiger partial charge on any atom is -0.390 e. The molecule has 2 rings (SSSR count). The highest BCUT2D eigenvalue weighted by atomic mass is 19.1. The number of nitrogens with two attached hydrogens (primary N) is 1. The molecule has 1 aliphatic rings. The quantitative estimate of drug-likeness (QED) is 0.723. The minimum absolute atomic E-state index is 0.0810. The number of hydrogen-bond donors (Lipinski definition) is 2. The van der Waals surface area contributed by atoms with Crippen LogP contribution in [0.15, 0.2) is 12.3 Å². The van der Waals surface area contributed by atoms with Crippen LogP contribution < -0.4 is 10.6 Å². The average molecular weight is 226 g/mol. The third-order valence-electron chi connectivity index (χ3n) is 2.81. The van der Waals surface area contributed by atoms with Crippen LogP contribution in [0.1, 0.15) is 13.3 Å². The van der Waals surface area contributed by atoms with E-state index < -0.39 is 11.8 Å². The molecule has 1 saturated heterocycles. The molecule has 1 unspecified atom stereocenters. The molecule has 0 aliphatic carbocycles. The monoisotopic (exact) mass is 226 g/mol. The van der Waals surface area contributed by atoms with Crippen molar-refractivity contribution in [1.29, 1.82) is 0 Å².